The molecule has 4 aromatic heterocycles. The molecular formula is C31H32FN9O3. The number of benzene rings is 1. The first-order valence-corrected chi connectivity index (χ1v) is 14.5. The lowest BCUT2D eigenvalue weighted by atomic mass is 9.91. The first kappa shape index (κ1) is 27.7. The van der Waals surface area contributed by atoms with Crippen molar-refractivity contribution in [2.75, 3.05) is 23.3 Å². The van der Waals surface area contributed by atoms with E-state index in [-0.39, 0.29) is 23.9 Å². The Balaban J connectivity index is 1.12. The van der Waals surface area contributed by atoms with Crippen LogP contribution in [0.15, 0.2) is 55.2 Å². The van der Waals surface area contributed by atoms with Gasteiger partial charge in [-0.1, -0.05) is 0 Å². The van der Waals surface area contributed by atoms with Gasteiger partial charge in [-0.05, 0) is 70.9 Å². The van der Waals surface area contributed by atoms with Crippen molar-refractivity contribution in [1.29, 1.82) is 0 Å². The summed E-state index contributed by atoms with van der Waals surface area (Å²) in [5, 5.41) is 7.20. The van der Waals surface area contributed by atoms with Gasteiger partial charge in [-0.3, -0.25) is 0 Å². The van der Waals surface area contributed by atoms with Crippen molar-refractivity contribution in [3.8, 4) is 11.5 Å². The van der Waals surface area contributed by atoms with Gasteiger partial charge < -0.3 is 24.6 Å². The van der Waals surface area contributed by atoms with E-state index in [2.05, 4.69) is 30.3 Å². The third-order valence-corrected chi connectivity index (χ3v) is 7.99. The SMILES string of the molecule is Cc1c(Oc2ccn3ncnc3c2)ccc(Nc2ncnc3ccc(N4C[C@H]5CCC4CN5C(=O)OC(C)(C)C)nc23)c1F. The molecule has 12 nitrogen and oxygen atoms in total. The molecule has 226 valence electrons. The standard InChI is InChI=1S/C31H32FN9O3/c1-18-24(43-21-11-12-41-26(13-21)34-17-36-41)9-7-22(27(18)32)37-29-28-23(33-16-35-29)8-10-25(38-28)39-14-20-6-5-19(39)15-40(20)30(42)44-31(2,3)4/h7-13,16-17,19-20H,5-6,14-15H2,1-4H3,(H,33,35,37)/t19?,20-/m1/s1. The van der Waals surface area contributed by atoms with Crippen LogP contribution in [-0.4, -0.2) is 71.3 Å². The van der Waals surface area contributed by atoms with Crippen molar-refractivity contribution in [2.45, 2.75) is 58.2 Å². The fourth-order valence-electron chi connectivity index (χ4n) is 5.82. The molecule has 13 heteroatoms. The fraction of sp³-hybridized carbons (Fsp3) is 0.355. The summed E-state index contributed by atoms with van der Waals surface area (Å²) < 4.78 is 28.9. The maximum Gasteiger partial charge on any atom is 0.410 e. The molecule has 44 heavy (non-hydrogen) atoms. The number of ether oxygens (including phenoxy) is 2. The lowest BCUT2D eigenvalue weighted by Crippen LogP contribution is -2.64. The number of carbonyl (C=O) groups excluding carboxylic acids is 1. The summed E-state index contributed by atoms with van der Waals surface area (Å²) in [5.74, 6) is 1.58. The number of piperidine rings is 2. The zero-order valence-electron chi connectivity index (χ0n) is 24.9. The molecule has 1 amide bonds. The van der Waals surface area contributed by atoms with Gasteiger partial charge in [0.25, 0.3) is 0 Å². The number of hydrogen-bond acceptors (Lipinski definition) is 10. The Bertz CT molecular complexity index is 1890. The zero-order valence-corrected chi connectivity index (χ0v) is 24.9. The average Bonchev–Trinajstić information content (AvgIpc) is 3.48. The smallest absolute Gasteiger partial charge is 0.410 e. The van der Waals surface area contributed by atoms with Crippen molar-refractivity contribution >= 4 is 40.1 Å². The Kier molecular flexibility index (Phi) is 6.67. The molecule has 0 saturated carbocycles. The summed E-state index contributed by atoms with van der Waals surface area (Å²) in [4.78, 5) is 34.8. The minimum absolute atomic E-state index is 0.0352. The number of halogens is 1. The van der Waals surface area contributed by atoms with Gasteiger partial charge in [0.15, 0.2) is 17.3 Å². The average molecular weight is 598 g/mol. The van der Waals surface area contributed by atoms with Crippen LogP contribution in [-0.2, 0) is 4.74 Å². The predicted octanol–water partition coefficient (Wildman–Crippen LogP) is 5.64. The number of nitrogens with one attached hydrogen (secondary N) is 1. The number of amides is 1. The van der Waals surface area contributed by atoms with Crippen molar-refractivity contribution in [3.63, 3.8) is 0 Å². The quantitative estimate of drug-likeness (QED) is 0.272. The molecule has 1 N–H and O–H groups in total. The highest BCUT2D eigenvalue weighted by atomic mass is 19.1. The number of piperazine rings is 1. The highest BCUT2D eigenvalue weighted by Gasteiger charge is 2.43. The molecule has 3 saturated heterocycles. The first-order valence-electron chi connectivity index (χ1n) is 14.5. The van der Waals surface area contributed by atoms with Crippen molar-refractivity contribution in [1.82, 2.24) is 34.4 Å². The highest BCUT2D eigenvalue weighted by Crippen LogP contribution is 2.36. The monoisotopic (exact) mass is 597 g/mol. The van der Waals surface area contributed by atoms with Gasteiger partial charge in [0.2, 0.25) is 0 Å². The minimum Gasteiger partial charge on any atom is -0.457 e. The van der Waals surface area contributed by atoms with E-state index in [1.165, 1.54) is 12.7 Å². The van der Waals surface area contributed by atoms with E-state index >= 15 is 4.39 Å². The van der Waals surface area contributed by atoms with Crippen LogP contribution < -0.4 is 15.0 Å². The molecule has 5 aromatic rings. The van der Waals surface area contributed by atoms with E-state index < -0.39 is 11.4 Å². The summed E-state index contributed by atoms with van der Waals surface area (Å²) >= 11 is 0. The molecule has 3 aliphatic heterocycles. The summed E-state index contributed by atoms with van der Waals surface area (Å²) in [5.41, 5.74) is 1.80. The van der Waals surface area contributed by atoms with Gasteiger partial charge in [-0.25, -0.2) is 33.6 Å². The highest BCUT2D eigenvalue weighted by molar-refractivity contribution is 5.88. The van der Waals surface area contributed by atoms with Crippen molar-refractivity contribution in [3.05, 3.63) is 66.6 Å². The summed E-state index contributed by atoms with van der Waals surface area (Å²) in [7, 11) is 0. The number of rotatable bonds is 5. The van der Waals surface area contributed by atoms with Gasteiger partial charge in [-0.15, -0.1) is 0 Å². The molecule has 8 rings (SSSR count). The maximum atomic E-state index is 15.6. The normalized spacial score (nSPS) is 18.2. The second kappa shape index (κ2) is 10.6. The Morgan fingerprint density at radius 3 is 2.66 bits per heavy atom. The van der Waals surface area contributed by atoms with E-state index in [1.807, 2.05) is 37.8 Å². The molecule has 7 heterocycles. The Morgan fingerprint density at radius 2 is 1.86 bits per heavy atom. The number of aromatic nitrogens is 6. The Labute approximate surface area is 252 Å². The Morgan fingerprint density at radius 1 is 1.02 bits per heavy atom. The first-order chi connectivity index (χ1) is 21.1. The number of carbonyl (C=O) groups is 1. The predicted molar refractivity (Wildman–Crippen MR) is 162 cm³/mol. The number of anilines is 3. The number of pyridine rings is 2. The van der Waals surface area contributed by atoms with Crippen LogP contribution in [0.2, 0.25) is 0 Å². The van der Waals surface area contributed by atoms with Gasteiger partial charge in [0.1, 0.15) is 41.1 Å². The Hall–Kier alpha value is -5.07. The van der Waals surface area contributed by atoms with Crippen LogP contribution in [0.4, 0.5) is 26.5 Å². The summed E-state index contributed by atoms with van der Waals surface area (Å²) in [6.45, 7) is 8.51. The largest absolute Gasteiger partial charge is 0.457 e. The molecule has 0 spiro atoms. The molecule has 2 bridgehead atoms. The van der Waals surface area contributed by atoms with Gasteiger partial charge in [-0.2, -0.15) is 5.10 Å². The van der Waals surface area contributed by atoms with E-state index in [4.69, 9.17) is 14.5 Å². The summed E-state index contributed by atoms with van der Waals surface area (Å²) in [6, 6.07) is 10.8. The maximum absolute atomic E-state index is 15.6. The van der Waals surface area contributed by atoms with Gasteiger partial charge in [0, 0.05) is 37.0 Å². The molecule has 0 aliphatic carbocycles. The van der Waals surface area contributed by atoms with Crippen LogP contribution in [0.3, 0.4) is 0 Å². The van der Waals surface area contributed by atoms with Crippen molar-refractivity contribution < 1.29 is 18.7 Å². The van der Waals surface area contributed by atoms with E-state index in [0.717, 1.165) is 18.7 Å². The third kappa shape index (κ3) is 5.18. The molecule has 2 atom stereocenters. The molecule has 1 unspecified atom stereocenters. The van der Waals surface area contributed by atoms with Crippen LogP contribution in [0.5, 0.6) is 11.5 Å². The second-order valence-corrected chi connectivity index (χ2v) is 12.1. The molecular weight excluding hydrogens is 565 g/mol. The van der Waals surface area contributed by atoms with Crippen LogP contribution >= 0.6 is 0 Å². The van der Waals surface area contributed by atoms with Gasteiger partial charge in [0.05, 0.1) is 17.2 Å². The number of fused-ring (bicyclic) bond motifs is 5. The number of nitrogens with zero attached hydrogens (tertiary/aromatic N) is 8. The lowest BCUT2D eigenvalue weighted by molar-refractivity contribution is 0.000789. The number of hydrogen-bond donors (Lipinski definition) is 1. The zero-order chi connectivity index (χ0) is 30.6. The van der Waals surface area contributed by atoms with E-state index in [9.17, 15) is 4.79 Å². The minimum atomic E-state index is -0.546. The second-order valence-electron chi connectivity index (χ2n) is 12.1. The van der Waals surface area contributed by atoms with Crippen LogP contribution in [0.25, 0.3) is 16.7 Å². The fourth-order valence-corrected chi connectivity index (χ4v) is 5.82. The van der Waals surface area contributed by atoms with E-state index in [1.54, 1.807) is 41.9 Å². The molecule has 0 radical (unpaired) electrons. The molecule has 3 fully saturated rings. The lowest BCUT2D eigenvalue weighted by Gasteiger charge is -2.51. The summed E-state index contributed by atoms with van der Waals surface area (Å²) in [6.07, 6.45) is 6.20. The van der Waals surface area contributed by atoms with Gasteiger partial charge >= 0.3 is 6.09 Å². The van der Waals surface area contributed by atoms with Crippen molar-refractivity contribution in [2.24, 2.45) is 0 Å². The molecule has 3 aliphatic rings. The van der Waals surface area contributed by atoms with Crippen LogP contribution in [0, 0.1) is 12.7 Å². The van der Waals surface area contributed by atoms with E-state index in [0.29, 0.717) is 52.7 Å². The third-order valence-electron chi connectivity index (χ3n) is 7.99. The molecule has 1 aromatic carbocycles. The van der Waals surface area contributed by atoms with Crippen LogP contribution in [0.1, 0.15) is 39.2 Å². The topological polar surface area (TPSA) is 123 Å².